The fourth-order valence-corrected chi connectivity index (χ4v) is 3.38. The fourth-order valence-electron chi connectivity index (χ4n) is 3.38. The summed E-state index contributed by atoms with van der Waals surface area (Å²) in [5, 5.41) is 7.08. The maximum absolute atomic E-state index is 12.5. The number of nitrogens with one attached hydrogen (secondary N) is 1. The number of likely N-dealkylation sites (tertiary alicyclic amines) is 1. The van der Waals surface area contributed by atoms with Crippen LogP contribution in [0, 0.1) is 0 Å². The van der Waals surface area contributed by atoms with Crippen molar-refractivity contribution in [2.24, 2.45) is 0 Å². The average molecular weight is 311 g/mol. The minimum atomic E-state index is -0.137. The minimum Gasteiger partial charge on any atom is -0.360 e. The number of likely N-dealkylation sites (N-methyl/N-ethyl adjacent to an activating group) is 1. The zero-order valence-corrected chi connectivity index (χ0v) is 13.2. The van der Waals surface area contributed by atoms with E-state index in [2.05, 4.69) is 34.6 Å². The Morgan fingerprint density at radius 3 is 2.78 bits per heavy atom. The molecule has 2 aromatic rings. The van der Waals surface area contributed by atoms with E-state index in [4.69, 9.17) is 4.52 Å². The Balaban J connectivity index is 1.48. The Morgan fingerprint density at radius 1 is 1.26 bits per heavy atom. The van der Waals surface area contributed by atoms with Crippen LogP contribution < -0.4 is 5.32 Å². The van der Waals surface area contributed by atoms with Crippen LogP contribution in [0.2, 0.25) is 0 Å². The molecule has 1 aliphatic heterocycles. The van der Waals surface area contributed by atoms with Crippen molar-refractivity contribution in [3.05, 3.63) is 53.4 Å². The normalized spacial score (nSPS) is 24.7. The van der Waals surface area contributed by atoms with Crippen LogP contribution in [0.15, 0.2) is 40.9 Å². The molecule has 1 amide bonds. The summed E-state index contributed by atoms with van der Waals surface area (Å²) in [7, 11) is 2.09. The molecule has 4 rings (SSSR count). The predicted molar refractivity (Wildman–Crippen MR) is 86.4 cm³/mol. The molecule has 0 bridgehead atoms. The topological polar surface area (TPSA) is 58.4 Å². The molecule has 1 saturated carbocycles. The van der Waals surface area contributed by atoms with Crippen LogP contribution in [0.1, 0.15) is 46.5 Å². The van der Waals surface area contributed by atoms with Gasteiger partial charge in [0.15, 0.2) is 5.69 Å². The number of rotatable bonds is 4. The van der Waals surface area contributed by atoms with Crippen molar-refractivity contribution in [2.75, 3.05) is 20.1 Å². The van der Waals surface area contributed by atoms with Crippen molar-refractivity contribution < 1.29 is 9.32 Å². The lowest BCUT2D eigenvalue weighted by atomic mass is 9.94. The average Bonchev–Trinajstić information content (AvgIpc) is 3.17. The van der Waals surface area contributed by atoms with E-state index in [-0.39, 0.29) is 11.9 Å². The van der Waals surface area contributed by atoms with Gasteiger partial charge >= 0.3 is 0 Å². The molecule has 0 spiro atoms. The molecule has 2 aliphatic rings. The van der Waals surface area contributed by atoms with Gasteiger partial charge in [-0.3, -0.25) is 4.79 Å². The Hall–Kier alpha value is -2.14. The molecule has 1 aromatic carbocycles. The van der Waals surface area contributed by atoms with E-state index in [0.717, 1.165) is 31.7 Å². The molecule has 23 heavy (non-hydrogen) atoms. The number of benzene rings is 1. The summed E-state index contributed by atoms with van der Waals surface area (Å²) < 4.78 is 5.29. The van der Waals surface area contributed by atoms with E-state index in [1.807, 2.05) is 18.2 Å². The number of carbonyl (C=O) groups excluding carboxylic acids is 1. The molecule has 1 aromatic heterocycles. The number of aromatic nitrogens is 1. The largest absolute Gasteiger partial charge is 0.360 e. The summed E-state index contributed by atoms with van der Waals surface area (Å²) in [6.45, 7) is 1.79. The second kappa shape index (κ2) is 5.81. The Bertz CT molecular complexity index is 693. The lowest BCUT2D eigenvalue weighted by Gasteiger charge is -2.19. The fraction of sp³-hybridized carbons (Fsp3) is 0.444. The van der Waals surface area contributed by atoms with Gasteiger partial charge in [-0.25, -0.2) is 0 Å². The van der Waals surface area contributed by atoms with Gasteiger partial charge in [0, 0.05) is 37.0 Å². The molecule has 1 aliphatic carbocycles. The summed E-state index contributed by atoms with van der Waals surface area (Å²) in [5.74, 6) is 1.49. The first-order valence-corrected chi connectivity index (χ1v) is 8.21. The second-order valence-corrected chi connectivity index (χ2v) is 6.71. The van der Waals surface area contributed by atoms with E-state index in [1.165, 1.54) is 5.56 Å². The van der Waals surface area contributed by atoms with E-state index < -0.39 is 0 Å². The van der Waals surface area contributed by atoms with Crippen LogP contribution in [0.4, 0.5) is 0 Å². The molecule has 0 unspecified atom stereocenters. The van der Waals surface area contributed by atoms with Crippen LogP contribution in [-0.2, 0) is 0 Å². The van der Waals surface area contributed by atoms with Gasteiger partial charge in [-0.1, -0.05) is 35.5 Å². The van der Waals surface area contributed by atoms with Crippen LogP contribution in [0.3, 0.4) is 0 Å². The maximum Gasteiger partial charge on any atom is 0.273 e. The Kier molecular flexibility index (Phi) is 3.65. The third kappa shape index (κ3) is 3.01. The second-order valence-electron chi connectivity index (χ2n) is 6.71. The van der Waals surface area contributed by atoms with Crippen molar-refractivity contribution in [1.82, 2.24) is 15.4 Å². The van der Waals surface area contributed by atoms with Crippen molar-refractivity contribution >= 4 is 5.91 Å². The predicted octanol–water partition coefficient (Wildman–Crippen LogP) is 2.38. The van der Waals surface area contributed by atoms with E-state index in [1.54, 1.807) is 6.07 Å². The highest BCUT2D eigenvalue weighted by molar-refractivity contribution is 5.92. The lowest BCUT2D eigenvalue weighted by molar-refractivity contribution is 0.0926. The summed E-state index contributed by atoms with van der Waals surface area (Å²) in [5.41, 5.74) is 1.66. The van der Waals surface area contributed by atoms with E-state index >= 15 is 0 Å². The highest BCUT2D eigenvalue weighted by Crippen LogP contribution is 2.40. The monoisotopic (exact) mass is 311 g/mol. The Labute approximate surface area is 135 Å². The molecule has 2 heterocycles. The highest BCUT2D eigenvalue weighted by Gasteiger charge is 2.34. The molecule has 2 fully saturated rings. The van der Waals surface area contributed by atoms with Gasteiger partial charge in [-0.15, -0.1) is 0 Å². The third-order valence-corrected chi connectivity index (χ3v) is 4.79. The molecule has 5 heteroatoms. The first-order valence-electron chi connectivity index (χ1n) is 8.21. The zero-order chi connectivity index (χ0) is 15.8. The van der Waals surface area contributed by atoms with Gasteiger partial charge in [0.25, 0.3) is 5.91 Å². The van der Waals surface area contributed by atoms with Crippen LogP contribution in [-0.4, -0.2) is 42.1 Å². The highest BCUT2D eigenvalue weighted by atomic mass is 16.5. The number of nitrogens with zero attached hydrogens (tertiary/aromatic N) is 2. The SMILES string of the molecule is CN1C[C@@H](NC(=O)c2cc(C3CC3)on2)[C@H](c2ccccc2)C1. The molecular formula is C18H21N3O2. The van der Waals surface area contributed by atoms with Gasteiger partial charge in [0.05, 0.1) is 0 Å². The van der Waals surface area contributed by atoms with Gasteiger partial charge in [-0.05, 0) is 25.5 Å². The quantitative estimate of drug-likeness (QED) is 0.942. The minimum absolute atomic E-state index is 0.0935. The van der Waals surface area contributed by atoms with Crippen molar-refractivity contribution in [1.29, 1.82) is 0 Å². The molecule has 0 radical (unpaired) electrons. The summed E-state index contributed by atoms with van der Waals surface area (Å²) in [4.78, 5) is 14.7. The van der Waals surface area contributed by atoms with Gasteiger partial charge in [0.2, 0.25) is 0 Å². The lowest BCUT2D eigenvalue weighted by Crippen LogP contribution is -2.39. The summed E-state index contributed by atoms with van der Waals surface area (Å²) in [6, 6.07) is 12.3. The van der Waals surface area contributed by atoms with Crippen LogP contribution >= 0.6 is 0 Å². The summed E-state index contributed by atoms with van der Waals surface area (Å²) in [6.07, 6.45) is 2.28. The number of hydrogen-bond donors (Lipinski definition) is 1. The maximum atomic E-state index is 12.5. The molecular weight excluding hydrogens is 290 g/mol. The summed E-state index contributed by atoms with van der Waals surface area (Å²) >= 11 is 0. The van der Waals surface area contributed by atoms with Crippen molar-refractivity contribution in [3.63, 3.8) is 0 Å². The van der Waals surface area contributed by atoms with E-state index in [0.29, 0.717) is 17.5 Å². The Morgan fingerprint density at radius 2 is 2.04 bits per heavy atom. The van der Waals surface area contributed by atoms with Gasteiger partial charge in [0.1, 0.15) is 5.76 Å². The van der Waals surface area contributed by atoms with Crippen LogP contribution in [0.25, 0.3) is 0 Å². The molecule has 5 nitrogen and oxygen atoms in total. The van der Waals surface area contributed by atoms with Crippen molar-refractivity contribution in [2.45, 2.75) is 30.7 Å². The first-order chi connectivity index (χ1) is 11.2. The van der Waals surface area contributed by atoms with E-state index in [9.17, 15) is 4.79 Å². The first kappa shape index (κ1) is 14.5. The van der Waals surface area contributed by atoms with Gasteiger partial charge in [-0.2, -0.15) is 0 Å². The number of amides is 1. The van der Waals surface area contributed by atoms with Gasteiger partial charge < -0.3 is 14.7 Å². The van der Waals surface area contributed by atoms with Crippen molar-refractivity contribution in [3.8, 4) is 0 Å². The van der Waals surface area contributed by atoms with Crippen LogP contribution in [0.5, 0.6) is 0 Å². The number of carbonyl (C=O) groups is 1. The number of hydrogen-bond acceptors (Lipinski definition) is 4. The third-order valence-electron chi connectivity index (χ3n) is 4.79. The molecule has 1 N–H and O–H groups in total. The smallest absolute Gasteiger partial charge is 0.273 e. The molecule has 2 atom stereocenters. The standard InChI is InChI=1S/C18H21N3O2/c1-21-10-14(12-5-3-2-4-6-12)16(11-21)19-18(22)15-9-17(23-20-15)13-7-8-13/h2-6,9,13-14,16H,7-8,10-11H2,1H3,(H,19,22)/t14-,16+/m0/s1. The molecule has 120 valence electrons. The molecule has 1 saturated heterocycles. The zero-order valence-electron chi connectivity index (χ0n) is 13.2.